The highest BCUT2D eigenvalue weighted by Gasteiger charge is 2.21. The predicted molar refractivity (Wildman–Crippen MR) is 81.4 cm³/mol. The van der Waals surface area contributed by atoms with E-state index < -0.39 is 10.0 Å². The van der Waals surface area contributed by atoms with Crippen LogP contribution in [0.15, 0.2) is 11.0 Å². The van der Waals surface area contributed by atoms with Gasteiger partial charge in [-0.05, 0) is 50.3 Å². The van der Waals surface area contributed by atoms with Gasteiger partial charge in [0, 0.05) is 25.9 Å². The van der Waals surface area contributed by atoms with E-state index >= 15 is 0 Å². The lowest BCUT2D eigenvalue weighted by Crippen LogP contribution is -2.27. The van der Waals surface area contributed by atoms with E-state index in [9.17, 15) is 8.42 Å². The van der Waals surface area contributed by atoms with Crippen LogP contribution < -0.4 is 10.5 Å². The fourth-order valence-electron chi connectivity index (χ4n) is 2.25. The van der Waals surface area contributed by atoms with Crippen molar-refractivity contribution in [3.05, 3.63) is 22.8 Å². The molecule has 3 N–H and O–H groups in total. The average molecular weight is 300 g/mol. The van der Waals surface area contributed by atoms with Gasteiger partial charge in [0.2, 0.25) is 10.0 Å². The first kappa shape index (κ1) is 16.9. The molecule has 5 nitrogen and oxygen atoms in total. The Labute approximate surface area is 121 Å². The van der Waals surface area contributed by atoms with Crippen molar-refractivity contribution >= 4 is 15.7 Å². The second-order valence-electron chi connectivity index (χ2n) is 4.98. The van der Waals surface area contributed by atoms with Crippen LogP contribution in [0, 0.1) is 20.8 Å². The van der Waals surface area contributed by atoms with Crippen molar-refractivity contribution in [2.24, 2.45) is 0 Å². The lowest BCUT2D eigenvalue weighted by molar-refractivity contribution is 0.193. The Morgan fingerprint density at radius 1 is 1.20 bits per heavy atom. The number of hydrogen-bond acceptors (Lipinski definition) is 4. The molecule has 20 heavy (non-hydrogen) atoms. The SMILES string of the molecule is COCCCCNS(=O)(=O)c1c(C)cc(C)c(N)c1C. The standard InChI is InChI=1S/C14H24N2O3S/c1-10-9-11(2)14(12(3)13(10)15)20(17,18)16-7-5-6-8-19-4/h9,16H,5-8,15H2,1-4H3. The molecule has 0 saturated heterocycles. The molecule has 0 radical (unpaired) electrons. The monoisotopic (exact) mass is 300 g/mol. The van der Waals surface area contributed by atoms with E-state index in [1.54, 1.807) is 21.0 Å². The summed E-state index contributed by atoms with van der Waals surface area (Å²) in [6.07, 6.45) is 1.57. The Balaban J connectivity index is 2.91. The molecule has 1 aromatic rings. The van der Waals surface area contributed by atoms with Crippen LogP contribution in [0.3, 0.4) is 0 Å². The fourth-order valence-corrected chi connectivity index (χ4v) is 3.80. The van der Waals surface area contributed by atoms with E-state index in [0.717, 1.165) is 24.0 Å². The maximum Gasteiger partial charge on any atom is 0.241 e. The maximum atomic E-state index is 12.4. The summed E-state index contributed by atoms with van der Waals surface area (Å²) >= 11 is 0. The van der Waals surface area contributed by atoms with Gasteiger partial charge in [-0.3, -0.25) is 0 Å². The smallest absolute Gasteiger partial charge is 0.241 e. The minimum atomic E-state index is -3.52. The first-order valence-corrected chi connectivity index (χ1v) is 8.14. The lowest BCUT2D eigenvalue weighted by atomic mass is 10.1. The number of anilines is 1. The molecule has 0 unspecified atom stereocenters. The minimum Gasteiger partial charge on any atom is -0.398 e. The van der Waals surface area contributed by atoms with Gasteiger partial charge in [0.25, 0.3) is 0 Å². The molecule has 0 amide bonds. The predicted octanol–water partition coefficient (Wildman–Crippen LogP) is 1.90. The Kier molecular flexibility index (Phi) is 5.98. The molecule has 0 heterocycles. The fraction of sp³-hybridized carbons (Fsp3) is 0.571. The van der Waals surface area contributed by atoms with Crippen LogP contribution in [-0.2, 0) is 14.8 Å². The van der Waals surface area contributed by atoms with E-state index in [0.29, 0.717) is 29.3 Å². The second kappa shape index (κ2) is 7.06. The first-order valence-electron chi connectivity index (χ1n) is 6.66. The number of hydrogen-bond donors (Lipinski definition) is 2. The number of ether oxygens (including phenoxy) is 1. The van der Waals surface area contributed by atoms with Crippen LogP contribution in [0.4, 0.5) is 5.69 Å². The third kappa shape index (κ3) is 3.94. The van der Waals surface area contributed by atoms with E-state index in [1.165, 1.54) is 0 Å². The average Bonchev–Trinajstić information content (AvgIpc) is 2.35. The number of unbranched alkanes of at least 4 members (excludes halogenated alkanes) is 1. The highest BCUT2D eigenvalue weighted by molar-refractivity contribution is 7.89. The van der Waals surface area contributed by atoms with E-state index in [4.69, 9.17) is 10.5 Å². The largest absolute Gasteiger partial charge is 0.398 e. The van der Waals surface area contributed by atoms with Gasteiger partial charge >= 0.3 is 0 Å². The highest BCUT2D eigenvalue weighted by Crippen LogP contribution is 2.27. The summed E-state index contributed by atoms with van der Waals surface area (Å²) in [5, 5.41) is 0. The molecular weight excluding hydrogens is 276 g/mol. The number of nitrogens with one attached hydrogen (secondary N) is 1. The van der Waals surface area contributed by atoms with Crippen molar-refractivity contribution in [3.63, 3.8) is 0 Å². The molecule has 0 aliphatic rings. The zero-order valence-corrected chi connectivity index (χ0v) is 13.4. The maximum absolute atomic E-state index is 12.4. The van der Waals surface area contributed by atoms with Crippen LogP contribution in [0.1, 0.15) is 29.5 Å². The summed E-state index contributed by atoms with van der Waals surface area (Å²) in [4.78, 5) is 0.298. The number of rotatable bonds is 7. The summed E-state index contributed by atoms with van der Waals surface area (Å²) in [5.74, 6) is 0. The number of nitrogens with two attached hydrogens (primary N) is 1. The molecule has 0 saturated carbocycles. The van der Waals surface area contributed by atoms with Gasteiger partial charge in [-0.2, -0.15) is 0 Å². The summed E-state index contributed by atoms with van der Waals surface area (Å²) < 4.78 is 32.3. The van der Waals surface area contributed by atoms with Crippen molar-refractivity contribution in [2.45, 2.75) is 38.5 Å². The van der Waals surface area contributed by atoms with Crippen LogP contribution in [0.5, 0.6) is 0 Å². The van der Waals surface area contributed by atoms with Gasteiger partial charge in [-0.25, -0.2) is 13.1 Å². The molecule has 0 fully saturated rings. The third-order valence-corrected chi connectivity index (χ3v) is 5.05. The zero-order valence-electron chi connectivity index (χ0n) is 12.6. The number of methoxy groups -OCH3 is 1. The van der Waals surface area contributed by atoms with E-state index in [1.807, 2.05) is 13.0 Å². The van der Waals surface area contributed by atoms with Gasteiger partial charge < -0.3 is 10.5 Å². The molecule has 6 heteroatoms. The summed E-state index contributed by atoms with van der Waals surface area (Å²) in [7, 11) is -1.89. The number of nitrogen functional groups attached to an aromatic ring is 1. The Morgan fingerprint density at radius 2 is 1.85 bits per heavy atom. The van der Waals surface area contributed by atoms with Crippen LogP contribution in [0.25, 0.3) is 0 Å². The Morgan fingerprint density at radius 3 is 2.45 bits per heavy atom. The van der Waals surface area contributed by atoms with Gasteiger partial charge in [0.05, 0.1) is 4.90 Å². The van der Waals surface area contributed by atoms with Crippen molar-refractivity contribution in [2.75, 3.05) is 26.0 Å². The van der Waals surface area contributed by atoms with E-state index in [2.05, 4.69) is 4.72 Å². The molecule has 0 aliphatic heterocycles. The quantitative estimate of drug-likeness (QED) is 0.595. The molecule has 0 atom stereocenters. The van der Waals surface area contributed by atoms with Crippen molar-refractivity contribution in [1.29, 1.82) is 0 Å². The number of benzene rings is 1. The molecule has 0 spiro atoms. The summed E-state index contributed by atoms with van der Waals surface area (Å²) in [6, 6.07) is 1.81. The van der Waals surface area contributed by atoms with Crippen molar-refractivity contribution < 1.29 is 13.2 Å². The van der Waals surface area contributed by atoms with Gasteiger partial charge in [0.15, 0.2) is 0 Å². The molecule has 0 aromatic heterocycles. The number of sulfonamides is 1. The lowest BCUT2D eigenvalue weighted by Gasteiger charge is -2.15. The normalized spacial score (nSPS) is 11.8. The zero-order chi connectivity index (χ0) is 15.3. The van der Waals surface area contributed by atoms with Gasteiger partial charge in [0.1, 0.15) is 0 Å². The van der Waals surface area contributed by atoms with Gasteiger partial charge in [-0.15, -0.1) is 0 Å². The Hall–Kier alpha value is -1.11. The van der Waals surface area contributed by atoms with Crippen LogP contribution in [0.2, 0.25) is 0 Å². The Bertz CT molecular complexity index is 568. The molecule has 0 aliphatic carbocycles. The van der Waals surface area contributed by atoms with Crippen molar-refractivity contribution in [3.8, 4) is 0 Å². The molecule has 1 aromatic carbocycles. The number of aryl methyl sites for hydroxylation is 2. The highest BCUT2D eigenvalue weighted by atomic mass is 32.2. The molecule has 0 bridgehead atoms. The van der Waals surface area contributed by atoms with E-state index in [-0.39, 0.29) is 0 Å². The van der Waals surface area contributed by atoms with Crippen LogP contribution >= 0.6 is 0 Å². The summed E-state index contributed by atoms with van der Waals surface area (Å²) in [5.41, 5.74) is 8.71. The van der Waals surface area contributed by atoms with Gasteiger partial charge in [-0.1, -0.05) is 6.07 Å². The first-order chi connectivity index (χ1) is 9.31. The molecule has 114 valence electrons. The van der Waals surface area contributed by atoms with Crippen molar-refractivity contribution in [1.82, 2.24) is 4.72 Å². The third-order valence-electron chi connectivity index (χ3n) is 3.30. The molecular formula is C14H24N2O3S. The minimum absolute atomic E-state index is 0.298. The van der Waals surface area contributed by atoms with Crippen LogP contribution in [-0.4, -0.2) is 28.7 Å². The summed E-state index contributed by atoms with van der Waals surface area (Å²) in [6.45, 7) is 6.45. The molecule has 1 rings (SSSR count). The topological polar surface area (TPSA) is 81.4 Å². The second-order valence-corrected chi connectivity index (χ2v) is 6.68.